The van der Waals surface area contributed by atoms with Gasteiger partial charge in [-0.25, -0.2) is 4.98 Å². The topological polar surface area (TPSA) is 63.8 Å². The van der Waals surface area contributed by atoms with E-state index in [1.165, 1.54) is 0 Å². The third kappa shape index (κ3) is 4.40. The number of aromatic nitrogens is 3. The largest absolute Gasteiger partial charge is 0.420 e. The number of rotatable bonds is 5. The molecule has 19 heavy (non-hydrogen) atoms. The van der Waals surface area contributed by atoms with Gasteiger partial charge in [-0.15, -0.1) is 21.5 Å². The number of nitrogens with one attached hydrogen (secondary N) is 1. The fourth-order valence-electron chi connectivity index (χ4n) is 1.62. The summed E-state index contributed by atoms with van der Waals surface area (Å²) in [5.74, 6) is 1.26. The molecule has 2 aromatic heterocycles. The molecule has 0 aliphatic carbocycles. The van der Waals surface area contributed by atoms with E-state index in [9.17, 15) is 0 Å². The normalized spacial score (nSPS) is 12.0. The maximum absolute atomic E-state index is 5.64. The van der Waals surface area contributed by atoms with Crippen LogP contribution < -0.4 is 5.32 Å². The molecule has 0 aromatic carbocycles. The van der Waals surface area contributed by atoms with Crippen molar-refractivity contribution >= 4 is 11.3 Å². The fourth-order valence-corrected chi connectivity index (χ4v) is 2.32. The molecule has 0 spiro atoms. The van der Waals surface area contributed by atoms with Gasteiger partial charge in [0.1, 0.15) is 4.88 Å². The van der Waals surface area contributed by atoms with Gasteiger partial charge >= 0.3 is 0 Å². The molecule has 2 rings (SSSR count). The Morgan fingerprint density at radius 3 is 2.74 bits per heavy atom. The molecule has 0 unspecified atom stereocenters. The minimum absolute atomic E-state index is 0.153. The third-order valence-corrected chi connectivity index (χ3v) is 3.42. The van der Waals surface area contributed by atoms with Gasteiger partial charge in [0.2, 0.25) is 5.89 Å². The Bertz CT molecular complexity index is 527. The predicted octanol–water partition coefficient (Wildman–Crippen LogP) is 2.82. The second-order valence-corrected chi connectivity index (χ2v) is 6.76. The van der Waals surface area contributed by atoms with Crippen molar-refractivity contribution in [2.24, 2.45) is 0 Å². The van der Waals surface area contributed by atoms with Crippen LogP contribution in [-0.2, 0) is 6.42 Å². The quantitative estimate of drug-likeness (QED) is 0.853. The Balaban J connectivity index is 1.85. The number of aryl methyl sites for hydroxylation is 2. The lowest BCUT2D eigenvalue weighted by Crippen LogP contribution is -2.36. The van der Waals surface area contributed by atoms with E-state index in [2.05, 4.69) is 41.3 Å². The highest BCUT2D eigenvalue weighted by atomic mass is 32.1. The van der Waals surface area contributed by atoms with E-state index in [4.69, 9.17) is 4.42 Å². The standard InChI is InChI=1S/C13H20N4OS/c1-9-14-8-10(19-9)12-17-16-11(18-12)6-5-7-15-13(2,3)4/h8,15H,5-7H2,1-4H3. The molecule has 5 nitrogen and oxygen atoms in total. The summed E-state index contributed by atoms with van der Waals surface area (Å²) in [4.78, 5) is 5.12. The van der Waals surface area contributed by atoms with Gasteiger partial charge in [-0.3, -0.25) is 0 Å². The highest BCUT2D eigenvalue weighted by molar-refractivity contribution is 7.14. The molecule has 104 valence electrons. The average molecular weight is 280 g/mol. The van der Waals surface area contributed by atoms with Gasteiger partial charge in [-0.2, -0.15) is 0 Å². The zero-order valence-corrected chi connectivity index (χ0v) is 12.7. The zero-order chi connectivity index (χ0) is 13.9. The van der Waals surface area contributed by atoms with Crippen LogP contribution >= 0.6 is 11.3 Å². The van der Waals surface area contributed by atoms with E-state index in [1.54, 1.807) is 17.5 Å². The van der Waals surface area contributed by atoms with Crippen LogP contribution in [0.5, 0.6) is 0 Å². The van der Waals surface area contributed by atoms with Gasteiger partial charge in [0.25, 0.3) is 5.89 Å². The molecule has 6 heteroatoms. The highest BCUT2D eigenvalue weighted by Crippen LogP contribution is 2.24. The van der Waals surface area contributed by atoms with E-state index in [-0.39, 0.29) is 5.54 Å². The smallest absolute Gasteiger partial charge is 0.259 e. The molecule has 0 aliphatic rings. The van der Waals surface area contributed by atoms with Crippen LogP contribution in [0.3, 0.4) is 0 Å². The molecule has 2 aromatic rings. The first-order valence-corrected chi connectivity index (χ1v) is 7.26. The van der Waals surface area contributed by atoms with E-state index >= 15 is 0 Å². The molecule has 0 bridgehead atoms. The summed E-state index contributed by atoms with van der Waals surface area (Å²) >= 11 is 1.57. The van der Waals surface area contributed by atoms with Gasteiger partial charge in [0.15, 0.2) is 0 Å². The van der Waals surface area contributed by atoms with E-state index < -0.39 is 0 Å². The first-order valence-electron chi connectivity index (χ1n) is 6.44. The maximum atomic E-state index is 5.64. The lowest BCUT2D eigenvalue weighted by molar-refractivity contribution is 0.413. The van der Waals surface area contributed by atoms with Crippen molar-refractivity contribution in [1.29, 1.82) is 0 Å². The summed E-state index contributed by atoms with van der Waals surface area (Å²) in [5.41, 5.74) is 0.153. The molecule has 1 N–H and O–H groups in total. The number of thiazole rings is 1. The van der Waals surface area contributed by atoms with Crippen molar-refractivity contribution in [1.82, 2.24) is 20.5 Å². The molecule has 0 amide bonds. The Labute approximate surface area is 117 Å². The fraction of sp³-hybridized carbons (Fsp3) is 0.615. The SMILES string of the molecule is Cc1ncc(-c2nnc(CCCNC(C)(C)C)o2)s1. The van der Waals surface area contributed by atoms with Gasteiger partial charge in [-0.1, -0.05) is 0 Å². The minimum Gasteiger partial charge on any atom is -0.420 e. The first kappa shape index (κ1) is 14.1. The van der Waals surface area contributed by atoms with Crippen LogP contribution in [0.15, 0.2) is 10.6 Å². The Morgan fingerprint density at radius 1 is 1.32 bits per heavy atom. The van der Waals surface area contributed by atoms with Crippen LogP contribution in [0.4, 0.5) is 0 Å². The monoisotopic (exact) mass is 280 g/mol. The lowest BCUT2D eigenvalue weighted by Gasteiger charge is -2.19. The molecule has 0 aliphatic heterocycles. The lowest BCUT2D eigenvalue weighted by atomic mass is 10.1. The molecule has 0 radical (unpaired) electrons. The summed E-state index contributed by atoms with van der Waals surface area (Å²) in [6.07, 6.45) is 3.56. The molecular weight excluding hydrogens is 260 g/mol. The third-order valence-electron chi connectivity index (χ3n) is 2.52. The number of hydrogen-bond acceptors (Lipinski definition) is 6. The van der Waals surface area contributed by atoms with E-state index in [0.29, 0.717) is 11.8 Å². The zero-order valence-electron chi connectivity index (χ0n) is 11.9. The molecule has 0 atom stereocenters. The molecule has 0 saturated carbocycles. The van der Waals surface area contributed by atoms with Crippen LogP contribution in [-0.4, -0.2) is 27.3 Å². The second kappa shape index (κ2) is 5.79. The summed E-state index contributed by atoms with van der Waals surface area (Å²) < 4.78 is 5.64. The minimum atomic E-state index is 0.153. The van der Waals surface area contributed by atoms with Crippen molar-refractivity contribution in [3.8, 4) is 10.8 Å². The Kier molecular flexibility index (Phi) is 4.31. The summed E-state index contributed by atoms with van der Waals surface area (Å²) in [6, 6.07) is 0. The molecule has 0 saturated heterocycles. The predicted molar refractivity (Wildman–Crippen MR) is 76.2 cm³/mol. The summed E-state index contributed by atoms with van der Waals surface area (Å²) in [6.45, 7) is 9.38. The van der Waals surface area contributed by atoms with E-state index in [1.807, 2.05) is 6.92 Å². The Hall–Kier alpha value is -1.27. The maximum Gasteiger partial charge on any atom is 0.259 e. The number of hydrogen-bond donors (Lipinski definition) is 1. The van der Waals surface area contributed by atoms with Gasteiger partial charge in [-0.05, 0) is 40.7 Å². The number of nitrogens with zero attached hydrogens (tertiary/aromatic N) is 3. The average Bonchev–Trinajstić information content (AvgIpc) is 2.92. The summed E-state index contributed by atoms with van der Waals surface area (Å²) in [5, 5.41) is 12.6. The highest BCUT2D eigenvalue weighted by Gasteiger charge is 2.12. The van der Waals surface area contributed by atoms with Crippen LogP contribution in [0, 0.1) is 6.92 Å². The van der Waals surface area contributed by atoms with Crippen LogP contribution in [0.25, 0.3) is 10.8 Å². The van der Waals surface area contributed by atoms with Crippen molar-refractivity contribution < 1.29 is 4.42 Å². The van der Waals surface area contributed by atoms with Gasteiger partial charge < -0.3 is 9.73 Å². The summed E-state index contributed by atoms with van der Waals surface area (Å²) in [7, 11) is 0. The van der Waals surface area contributed by atoms with Crippen LogP contribution in [0.2, 0.25) is 0 Å². The van der Waals surface area contributed by atoms with Crippen molar-refractivity contribution in [2.75, 3.05) is 6.54 Å². The van der Waals surface area contributed by atoms with Gasteiger partial charge in [0.05, 0.1) is 11.2 Å². The molecule has 0 fully saturated rings. The molecule has 2 heterocycles. The van der Waals surface area contributed by atoms with Crippen molar-refractivity contribution in [3.63, 3.8) is 0 Å². The van der Waals surface area contributed by atoms with Gasteiger partial charge in [0, 0.05) is 12.0 Å². The van der Waals surface area contributed by atoms with Crippen molar-refractivity contribution in [3.05, 3.63) is 17.1 Å². The molecular formula is C13H20N4OS. The second-order valence-electron chi connectivity index (χ2n) is 5.52. The van der Waals surface area contributed by atoms with Crippen molar-refractivity contribution in [2.45, 2.75) is 46.1 Å². The van der Waals surface area contributed by atoms with Crippen LogP contribution in [0.1, 0.15) is 38.1 Å². The first-order chi connectivity index (χ1) is 8.94. The van der Waals surface area contributed by atoms with E-state index in [0.717, 1.165) is 29.3 Å². The Morgan fingerprint density at radius 2 is 2.11 bits per heavy atom.